The van der Waals surface area contributed by atoms with Crippen LogP contribution in [0.25, 0.3) is 11.4 Å². The second-order valence-electron chi connectivity index (χ2n) is 9.03. The average molecular weight is 539 g/mol. The van der Waals surface area contributed by atoms with E-state index in [2.05, 4.69) is 20.4 Å². The number of nitrogens with two attached hydrogens (primary N) is 1. The molecule has 11 heteroatoms. The third-order valence-electron chi connectivity index (χ3n) is 6.31. The Morgan fingerprint density at radius 2 is 1.92 bits per heavy atom. The van der Waals surface area contributed by atoms with E-state index in [0.29, 0.717) is 33.7 Å². The predicted octanol–water partition coefficient (Wildman–Crippen LogP) is 5.42. The van der Waals surface area contributed by atoms with Gasteiger partial charge in [-0.05, 0) is 48.6 Å². The maximum absolute atomic E-state index is 13.6. The minimum Gasteiger partial charge on any atom is -0.490 e. The van der Waals surface area contributed by atoms with E-state index in [1.54, 1.807) is 18.2 Å². The fourth-order valence-corrected chi connectivity index (χ4v) is 4.35. The van der Waals surface area contributed by atoms with Crippen molar-refractivity contribution in [3.8, 4) is 17.1 Å². The predicted molar refractivity (Wildman–Crippen MR) is 139 cm³/mol. The molecule has 2 aromatic carbocycles. The summed E-state index contributed by atoms with van der Waals surface area (Å²) in [5.41, 5.74) is 8.64. The number of hydrogen-bond donors (Lipinski definition) is 2. The number of anilines is 1. The number of nitrogens with one attached hydrogen (secondary N) is 1. The van der Waals surface area contributed by atoms with Crippen molar-refractivity contribution in [1.29, 1.82) is 0 Å². The fourth-order valence-electron chi connectivity index (χ4n) is 4.16. The second kappa shape index (κ2) is 11.1. The molecule has 1 amide bonds. The number of carbonyl (C=O) groups is 1. The van der Waals surface area contributed by atoms with Crippen LogP contribution in [0.1, 0.15) is 52.9 Å². The largest absolute Gasteiger partial charge is 0.490 e. The molecule has 0 atom stereocenters. The van der Waals surface area contributed by atoms with E-state index in [4.69, 9.17) is 22.1 Å². The number of nitrogens with zero attached hydrogens (tertiary/aromatic N) is 4. The number of benzene rings is 2. The second-order valence-corrected chi connectivity index (χ2v) is 9.42. The minimum atomic E-state index is -2.86. The molecule has 4 aromatic rings. The lowest BCUT2D eigenvalue weighted by Crippen LogP contribution is -2.25. The van der Waals surface area contributed by atoms with Crippen molar-refractivity contribution in [3.05, 3.63) is 88.2 Å². The summed E-state index contributed by atoms with van der Waals surface area (Å²) in [6.45, 7) is -2.49. The summed E-state index contributed by atoms with van der Waals surface area (Å²) in [7, 11) is 0. The number of halogens is 3. The van der Waals surface area contributed by atoms with Crippen LogP contribution in [-0.2, 0) is 13.0 Å². The molecule has 2 aromatic heterocycles. The number of ether oxygens (including phenoxy) is 1. The molecule has 0 radical (unpaired) electrons. The van der Waals surface area contributed by atoms with E-state index in [1.165, 1.54) is 12.3 Å². The maximum atomic E-state index is 13.6. The van der Waals surface area contributed by atoms with Gasteiger partial charge >= 0.3 is 6.55 Å². The van der Waals surface area contributed by atoms with Crippen LogP contribution in [-0.4, -0.2) is 31.8 Å². The summed E-state index contributed by atoms with van der Waals surface area (Å²) < 4.78 is 34.0. The summed E-state index contributed by atoms with van der Waals surface area (Å²) in [5, 5.41) is 7.02. The molecule has 1 aliphatic rings. The highest BCUT2D eigenvalue weighted by Gasteiger charge is 2.23. The summed E-state index contributed by atoms with van der Waals surface area (Å²) in [6, 6.07) is 16.2. The van der Waals surface area contributed by atoms with E-state index in [1.807, 2.05) is 30.3 Å². The zero-order chi connectivity index (χ0) is 26.6. The molecule has 0 saturated heterocycles. The summed E-state index contributed by atoms with van der Waals surface area (Å²) in [4.78, 5) is 20.9. The number of alkyl halides is 2. The normalized spacial score (nSPS) is 13.4. The van der Waals surface area contributed by atoms with Gasteiger partial charge in [-0.15, -0.1) is 0 Å². The molecule has 1 aliphatic carbocycles. The lowest BCUT2D eigenvalue weighted by atomic mass is 9.95. The van der Waals surface area contributed by atoms with Gasteiger partial charge in [0.2, 0.25) is 5.95 Å². The standard InChI is InChI=1S/C27H25ClF2N6O2/c28-23-13-21(33-27(31)34-23)24-19(15-36(35-24)26(29)30)12-18-11-17(9-10-22(18)38-20-7-4-8-20)25(37)32-14-16-5-2-1-3-6-16/h1-3,5-6,9-11,13,15,20,26H,4,7-8,12,14H2,(H,32,37)(H2,31,33,34). The molecule has 0 unspecified atom stereocenters. The van der Waals surface area contributed by atoms with Gasteiger partial charge in [0.15, 0.2) is 0 Å². The minimum absolute atomic E-state index is 0.0659. The monoisotopic (exact) mass is 538 g/mol. The number of amides is 1. The summed E-state index contributed by atoms with van der Waals surface area (Å²) >= 11 is 6.04. The van der Waals surface area contributed by atoms with Crippen molar-refractivity contribution in [2.45, 2.75) is 44.9 Å². The molecule has 196 valence electrons. The van der Waals surface area contributed by atoms with Gasteiger partial charge in [-0.3, -0.25) is 4.79 Å². The number of rotatable bonds is 9. The van der Waals surface area contributed by atoms with Crippen LogP contribution < -0.4 is 15.8 Å². The van der Waals surface area contributed by atoms with Gasteiger partial charge < -0.3 is 15.8 Å². The number of hydrogen-bond acceptors (Lipinski definition) is 6. The Morgan fingerprint density at radius 1 is 1.13 bits per heavy atom. The van der Waals surface area contributed by atoms with Gasteiger partial charge in [-0.2, -0.15) is 13.9 Å². The van der Waals surface area contributed by atoms with Crippen LogP contribution in [0.15, 0.2) is 60.8 Å². The van der Waals surface area contributed by atoms with Crippen molar-refractivity contribution in [2.24, 2.45) is 0 Å². The van der Waals surface area contributed by atoms with Crippen LogP contribution in [0.3, 0.4) is 0 Å². The number of carbonyl (C=O) groups excluding carboxylic acids is 1. The maximum Gasteiger partial charge on any atom is 0.333 e. The van der Waals surface area contributed by atoms with Gasteiger partial charge in [0.1, 0.15) is 16.6 Å². The highest BCUT2D eigenvalue weighted by atomic mass is 35.5. The van der Waals surface area contributed by atoms with Crippen LogP contribution in [0.4, 0.5) is 14.7 Å². The summed E-state index contributed by atoms with van der Waals surface area (Å²) in [5.74, 6) is 0.227. The molecular weight excluding hydrogens is 514 g/mol. The molecule has 0 aliphatic heterocycles. The molecule has 1 saturated carbocycles. The molecule has 38 heavy (non-hydrogen) atoms. The first-order valence-electron chi connectivity index (χ1n) is 12.1. The lowest BCUT2D eigenvalue weighted by molar-refractivity contribution is 0.0567. The van der Waals surface area contributed by atoms with Gasteiger partial charge in [-0.25, -0.2) is 14.6 Å². The average Bonchev–Trinajstić information content (AvgIpc) is 3.30. The third-order valence-corrected chi connectivity index (χ3v) is 6.50. The van der Waals surface area contributed by atoms with Crippen molar-refractivity contribution in [3.63, 3.8) is 0 Å². The molecule has 8 nitrogen and oxygen atoms in total. The Balaban J connectivity index is 1.48. The van der Waals surface area contributed by atoms with Crippen LogP contribution in [0.2, 0.25) is 5.15 Å². The molecule has 0 bridgehead atoms. The molecule has 2 heterocycles. The van der Waals surface area contributed by atoms with Gasteiger partial charge in [0.05, 0.1) is 11.8 Å². The number of aromatic nitrogens is 4. The van der Waals surface area contributed by atoms with Crippen LogP contribution in [0.5, 0.6) is 5.75 Å². The van der Waals surface area contributed by atoms with E-state index in [-0.39, 0.29) is 40.9 Å². The first-order valence-corrected chi connectivity index (χ1v) is 12.5. The SMILES string of the molecule is Nc1nc(Cl)cc(-c2nn(C(F)F)cc2Cc2cc(C(=O)NCc3ccccc3)ccc2OC2CCC2)n1. The topological polar surface area (TPSA) is 108 Å². The third kappa shape index (κ3) is 5.91. The molecule has 3 N–H and O–H groups in total. The first kappa shape index (κ1) is 25.6. The lowest BCUT2D eigenvalue weighted by Gasteiger charge is -2.27. The van der Waals surface area contributed by atoms with Crippen LogP contribution in [0, 0.1) is 0 Å². The molecule has 1 fully saturated rings. The van der Waals surface area contributed by atoms with Gasteiger partial charge in [-0.1, -0.05) is 41.9 Å². The van der Waals surface area contributed by atoms with Crippen molar-refractivity contribution in [1.82, 2.24) is 25.1 Å². The van der Waals surface area contributed by atoms with Crippen molar-refractivity contribution < 1.29 is 18.3 Å². The highest BCUT2D eigenvalue weighted by Crippen LogP contribution is 2.33. The fraction of sp³-hybridized carbons (Fsp3) is 0.259. The molecule has 0 spiro atoms. The molecular formula is C27H25ClF2N6O2. The Hall–Kier alpha value is -4.05. The van der Waals surface area contributed by atoms with E-state index < -0.39 is 6.55 Å². The van der Waals surface area contributed by atoms with E-state index >= 15 is 0 Å². The quantitative estimate of drug-likeness (QED) is 0.275. The number of nitrogen functional groups attached to an aromatic ring is 1. The Labute approximate surface area is 222 Å². The smallest absolute Gasteiger partial charge is 0.333 e. The Kier molecular flexibility index (Phi) is 7.50. The summed E-state index contributed by atoms with van der Waals surface area (Å²) in [6.07, 6.45) is 4.45. The molecule has 5 rings (SSSR count). The Morgan fingerprint density at radius 3 is 2.61 bits per heavy atom. The Bertz CT molecular complexity index is 1420. The zero-order valence-corrected chi connectivity index (χ0v) is 21.0. The highest BCUT2D eigenvalue weighted by molar-refractivity contribution is 6.29. The van der Waals surface area contributed by atoms with E-state index in [9.17, 15) is 13.6 Å². The van der Waals surface area contributed by atoms with Gasteiger partial charge in [0, 0.05) is 36.4 Å². The zero-order valence-electron chi connectivity index (χ0n) is 20.3. The van der Waals surface area contributed by atoms with Crippen molar-refractivity contribution in [2.75, 3.05) is 5.73 Å². The van der Waals surface area contributed by atoms with Crippen molar-refractivity contribution >= 4 is 23.5 Å². The van der Waals surface area contributed by atoms with E-state index in [0.717, 1.165) is 24.8 Å². The van der Waals surface area contributed by atoms with Gasteiger partial charge in [0.25, 0.3) is 5.91 Å². The first-order chi connectivity index (χ1) is 18.4. The van der Waals surface area contributed by atoms with Crippen LogP contribution >= 0.6 is 11.6 Å².